The van der Waals surface area contributed by atoms with E-state index in [0.29, 0.717) is 0 Å². The smallest absolute Gasteiger partial charge is 0.141 e. The van der Waals surface area contributed by atoms with Gasteiger partial charge in [0.15, 0.2) is 0 Å². The highest BCUT2D eigenvalue weighted by Crippen LogP contribution is 2.25. The molecule has 0 aliphatic heterocycles. The normalized spacial score (nSPS) is 12.1. The lowest BCUT2D eigenvalue weighted by molar-refractivity contribution is 0.397. The Bertz CT molecular complexity index is 489. The second-order valence-electron chi connectivity index (χ2n) is 3.90. The zero-order valence-electron chi connectivity index (χ0n) is 10.2. The first-order chi connectivity index (χ1) is 8.85. The third-order valence-electron chi connectivity index (χ3n) is 2.80. The van der Waals surface area contributed by atoms with Crippen molar-refractivity contribution in [1.29, 1.82) is 0 Å². The van der Waals surface area contributed by atoms with E-state index in [1.54, 1.807) is 31.9 Å². The van der Waals surface area contributed by atoms with Gasteiger partial charge in [0, 0.05) is 24.2 Å². The van der Waals surface area contributed by atoms with E-state index in [1.165, 1.54) is 0 Å². The first kappa shape index (κ1) is 12.5. The third kappa shape index (κ3) is 2.82. The molecule has 0 aromatic carbocycles. The van der Waals surface area contributed by atoms with Gasteiger partial charge in [-0.25, -0.2) is 0 Å². The molecular formula is C13H16N4O. The molecule has 0 radical (unpaired) electrons. The second kappa shape index (κ2) is 6.09. The highest BCUT2D eigenvalue weighted by atomic mass is 16.5. The van der Waals surface area contributed by atoms with Crippen molar-refractivity contribution in [2.24, 2.45) is 5.84 Å². The summed E-state index contributed by atoms with van der Waals surface area (Å²) in [4.78, 5) is 8.03. The summed E-state index contributed by atoms with van der Waals surface area (Å²) in [6.45, 7) is 0. The van der Waals surface area contributed by atoms with E-state index < -0.39 is 0 Å². The fourth-order valence-corrected chi connectivity index (χ4v) is 1.86. The van der Waals surface area contributed by atoms with Crippen LogP contribution in [0.25, 0.3) is 0 Å². The molecule has 0 fully saturated rings. The van der Waals surface area contributed by atoms with Crippen LogP contribution in [0, 0.1) is 0 Å². The number of nitrogens with one attached hydrogen (secondary N) is 1. The number of pyridine rings is 2. The molecule has 2 aromatic rings. The van der Waals surface area contributed by atoms with Crippen LogP contribution in [0.5, 0.6) is 5.75 Å². The summed E-state index contributed by atoms with van der Waals surface area (Å²) in [6.07, 6.45) is 7.72. The molecule has 0 saturated carbocycles. The molecule has 0 spiro atoms. The molecule has 1 atom stereocenters. The fourth-order valence-electron chi connectivity index (χ4n) is 1.86. The Morgan fingerprint density at radius 1 is 1.22 bits per heavy atom. The van der Waals surface area contributed by atoms with Gasteiger partial charge in [-0.1, -0.05) is 0 Å². The highest BCUT2D eigenvalue weighted by molar-refractivity contribution is 5.34. The van der Waals surface area contributed by atoms with Crippen LogP contribution < -0.4 is 16.0 Å². The van der Waals surface area contributed by atoms with Crippen molar-refractivity contribution in [3.05, 3.63) is 54.1 Å². The molecule has 0 bridgehead atoms. The van der Waals surface area contributed by atoms with E-state index >= 15 is 0 Å². The standard InChI is InChI=1S/C13H16N4O/c1-18-13-9-16-7-4-11(13)12(17-14)8-10-2-5-15-6-3-10/h2-7,9,12,17H,8,14H2,1H3. The summed E-state index contributed by atoms with van der Waals surface area (Å²) >= 11 is 0. The largest absolute Gasteiger partial charge is 0.495 e. The lowest BCUT2D eigenvalue weighted by Gasteiger charge is -2.18. The predicted molar refractivity (Wildman–Crippen MR) is 68.8 cm³/mol. The molecule has 5 heteroatoms. The molecule has 0 aliphatic rings. The van der Waals surface area contributed by atoms with Gasteiger partial charge < -0.3 is 4.74 Å². The minimum Gasteiger partial charge on any atom is -0.495 e. The first-order valence-corrected chi connectivity index (χ1v) is 5.68. The number of hydrazine groups is 1. The summed E-state index contributed by atoms with van der Waals surface area (Å²) in [6, 6.07) is 5.82. The van der Waals surface area contributed by atoms with Crippen LogP contribution in [-0.4, -0.2) is 17.1 Å². The molecule has 2 heterocycles. The molecule has 0 aliphatic carbocycles. The van der Waals surface area contributed by atoms with Crippen molar-refractivity contribution in [2.45, 2.75) is 12.5 Å². The predicted octanol–water partition coefficient (Wildman–Crippen LogP) is 1.23. The summed E-state index contributed by atoms with van der Waals surface area (Å²) in [5.74, 6) is 6.37. The van der Waals surface area contributed by atoms with Gasteiger partial charge in [-0.15, -0.1) is 0 Å². The van der Waals surface area contributed by atoms with E-state index in [4.69, 9.17) is 10.6 Å². The maximum atomic E-state index is 5.63. The molecular weight excluding hydrogens is 228 g/mol. The Morgan fingerprint density at radius 2 is 1.94 bits per heavy atom. The monoisotopic (exact) mass is 244 g/mol. The average molecular weight is 244 g/mol. The minimum absolute atomic E-state index is 0.0228. The van der Waals surface area contributed by atoms with Crippen LogP contribution in [-0.2, 0) is 6.42 Å². The van der Waals surface area contributed by atoms with Crippen molar-refractivity contribution < 1.29 is 4.74 Å². The van der Waals surface area contributed by atoms with Gasteiger partial charge in [0.2, 0.25) is 0 Å². The molecule has 3 N–H and O–H groups in total. The van der Waals surface area contributed by atoms with Gasteiger partial charge in [0.05, 0.1) is 19.3 Å². The number of nitrogens with zero attached hydrogens (tertiary/aromatic N) is 2. The second-order valence-corrected chi connectivity index (χ2v) is 3.90. The van der Waals surface area contributed by atoms with Crippen LogP contribution in [0.4, 0.5) is 0 Å². The number of methoxy groups -OCH3 is 1. The van der Waals surface area contributed by atoms with Crippen LogP contribution in [0.3, 0.4) is 0 Å². The maximum Gasteiger partial charge on any atom is 0.141 e. The van der Waals surface area contributed by atoms with Gasteiger partial charge in [0.25, 0.3) is 0 Å². The summed E-state index contributed by atoms with van der Waals surface area (Å²) in [5, 5.41) is 0. The van der Waals surface area contributed by atoms with Crippen molar-refractivity contribution in [3.63, 3.8) is 0 Å². The van der Waals surface area contributed by atoms with E-state index in [2.05, 4.69) is 15.4 Å². The molecule has 94 valence electrons. The zero-order valence-corrected chi connectivity index (χ0v) is 10.2. The van der Waals surface area contributed by atoms with E-state index in [1.807, 2.05) is 18.2 Å². The SMILES string of the molecule is COc1cnccc1C(Cc1ccncc1)NN. The Labute approximate surface area is 106 Å². The van der Waals surface area contributed by atoms with Gasteiger partial charge >= 0.3 is 0 Å². The van der Waals surface area contributed by atoms with Crippen molar-refractivity contribution in [2.75, 3.05) is 7.11 Å². The Kier molecular flexibility index (Phi) is 4.22. The minimum atomic E-state index is -0.0228. The molecule has 0 amide bonds. The summed E-state index contributed by atoms with van der Waals surface area (Å²) < 4.78 is 5.30. The third-order valence-corrected chi connectivity index (χ3v) is 2.80. The maximum absolute atomic E-state index is 5.63. The number of rotatable bonds is 5. The molecule has 2 aromatic heterocycles. The van der Waals surface area contributed by atoms with Crippen molar-refractivity contribution >= 4 is 0 Å². The quantitative estimate of drug-likeness (QED) is 0.611. The van der Waals surface area contributed by atoms with E-state index in [0.717, 1.165) is 23.3 Å². The Morgan fingerprint density at radius 3 is 2.61 bits per heavy atom. The fraction of sp³-hybridized carbons (Fsp3) is 0.231. The highest BCUT2D eigenvalue weighted by Gasteiger charge is 2.15. The number of ether oxygens (including phenoxy) is 1. The zero-order chi connectivity index (χ0) is 12.8. The van der Waals surface area contributed by atoms with E-state index in [9.17, 15) is 0 Å². The van der Waals surface area contributed by atoms with Gasteiger partial charge in [-0.2, -0.15) is 0 Å². The Hall–Kier alpha value is -1.98. The molecule has 1 unspecified atom stereocenters. The number of nitrogens with two attached hydrogens (primary N) is 1. The summed E-state index contributed by atoms with van der Waals surface area (Å²) in [5.41, 5.74) is 4.96. The van der Waals surface area contributed by atoms with Gasteiger partial charge in [-0.3, -0.25) is 21.2 Å². The van der Waals surface area contributed by atoms with E-state index in [-0.39, 0.29) is 6.04 Å². The lowest BCUT2D eigenvalue weighted by Crippen LogP contribution is -2.30. The van der Waals surface area contributed by atoms with Crippen LogP contribution >= 0.6 is 0 Å². The molecule has 18 heavy (non-hydrogen) atoms. The van der Waals surface area contributed by atoms with Crippen molar-refractivity contribution in [1.82, 2.24) is 15.4 Å². The molecule has 2 rings (SSSR count). The number of hydrogen-bond acceptors (Lipinski definition) is 5. The Balaban J connectivity index is 2.23. The average Bonchev–Trinajstić information content (AvgIpc) is 2.46. The van der Waals surface area contributed by atoms with Crippen LogP contribution in [0.1, 0.15) is 17.2 Å². The van der Waals surface area contributed by atoms with Crippen LogP contribution in [0.15, 0.2) is 43.0 Å². The van der Waals surface area contributed by atoms with Crippen LogP contribution in [0.2, 0.25) is 0 Å². The van der Waals surface area contributed by atoms with Crippen molar-refractivity contribution in [3.8, 4) is 5.75 Å². The summed E-state index contributed by atoms with van der Waals surface area (Å²) in [7, 11) is 1.63. The molecule has 0 saturated heterocycles. The number of hydrogen-bond donors (Lipinski definition) is 2. The topological polar surface area (TPSA) is 73.1 Å². The van der Waals surface area contributed by atoms with Gasteiger partial charge in [-0.05, 0) is 30.2 Å². The molecule has 5 nitrogen and oxygen atoms in total. The first-order valence-electron chi connectivity index (χ1n) is 5.68. The van der Waals surface area contributed by atoms with Gasteiger partial charge in [0.1, 0.15) is 5.75 Å². The number of aromatic nitrogens is 2. The lowest BCUT2D eigenvalue weighted by atomic mass is 10.0.